The maximum absolute atomic E-state index is 12.8. The Morgan fingerprint density at radius 2 is 1.69 bits per heavy atom. The molecular formula is C23H21N3O2S. The normalized spacial score (nSPS) is 11.3. The third-order valence-corrected chi connectivity index (χ3v) is 5.59. The molecule has 2 aromatic heterocycles. The Bertz CT molecular complexity index is 1020. The van der Waals surface area contributed by atoms with Crippen molar-refractivity contribution in [3.63, 3.8) is 0 Å². The van der Waals surface area contributed by atoms with Crippen LogP contribution in [0.5, 0.6) is 0 Å². The molecule has 0 bridgehead atoms. The number of hydrogen-bond acceptors (Lipinski definition) is 5. The Balaban J connectivity index is 1.48. The molecule has 0 atom stereocenters. The molecule has 0 unspecified atom stereocenters. The van der Waals surface area contributed by atoms with Crippen LogP contribution in [0.15, 0.2) is 82.0 Å². The molecule has 0 radical (unpaired) electrons. The van der Waals surface area contributed by atoms with Crippen LogP contribution < -0.4 is 5.32 Å². The summed E-state index contributed by atoms with van der Waals surface area (Å²) < 4.78 is 5.30. The number of amides is 1. The summed E-state index contributed by atoms with van der Waals surface area (Å²) in [5.74, 6) is 0.943. The van der Waals surface area contributed by atoms with Crippen molar-refractivity contribution in [3.8, 4) is 11.4 Å². The average molecular weight is 404 g/mol. The number of nitrogens with one attached hydrogen (secondary N) is 1. The van der Waals surface area contributed by atoms with Crippen molar-refractivity contribution in [2.75, 3.05) is 0 Å². The highest BCUT2D eigenvalue weighted by atomic mass is 32.1. The molecule has 0 aliphatic carbocycles. The van der Waals surface area contributed by atoms with Gasteiger partial charge in [-0.15, -0.1) is 0 Å². The van der Waals surface area contributed by atoms with Gasteiger partial charge in [0.1, 0.15) is 0 Å². The zero-order chi connectivity index (χ0) is 20.1. The molecule has 0 saturated heterocycles. The van der Waals surface area contributed by atoms with Gasteiger partial charge in [-0.1, -0.05) is 65.8 Å². The van der Waals surface area contributed by atoms with Crippen molar-refractivity contribution >= 4 is 17.2 Å². The van der Waals surface area contributed by atoms with Crippen molar-refractivity contribution in [2.45, 2.75) is 25.3 Å². The van der Waals surface area contributed by atoms with Crippen LogP contribution in [0.4, 0.5) is 0 Å². The predicted octanol–water partition coefficient (Wildman–Crippen LogP) is 4.81. The smallest absolute Gasteiger partial charge is 0.227 e. The van der Waals surface area contributed by atoms with E-state index in [1.807, 2.05) is 84.4 Å². The molecule has 0 aliphatic rings. The SMILES string of the molecule is CC(NC(=O)CCc1nc(-c2ccsc2)no1)(c1ccccc1)c1ccccc1. The second-order valence-electron chi connectivity index (χ2n) is 6.93. The molecule has 0 saturated carbocycles. The third kappa shape index (κ3) is 4.27. The van der Waals surface area contributed by atoms with Gasteiger partial charge in [-0.25, -0.2) is 0 Å². The first-order valence-electron chi connectivity index (χ1n) is 9.42. The lowest BCUT2D eigenvalue weighted by Gasteiger charge is -2.32. The highest BCUT2D eigenvalue weighted by molar-refractivity contribution is 7.08. The van der Waals surface area contributed by atoms with Gasteiger partial charge in [0.25, 0.3) is 0 Å². The topological polar surface area (TPSA) is 68.0 Å². The van der Waals surface area contributed by atoms with Crippen LogP contribution in [0.3, 0.4) is 0 Å². The van der Waals surface area contributed by atoms with E-state index in [1.54, 1.807) is 11.3 Å². The zero-order valence-electron chi connectivity index (χ0n) is 16.0. The van der Waals surface area contributed by atoms with Crippen LogP contribution in [0.2, 0.25) is 0 Å². The number of thiophene rings is 1. The van der Waals surface area contributed by atoms with Crippen LogP contribution in [-0.4, -0.2) is 16.0 Å². The lowest BCUT2D eigenvalue weighted by atomic mass is 9.84. The lowest BCUT2D eigenvalue weighted by Crippen LogP contribution is -2.44. The van der Waals surface area contributed by atoms with Gasteiger partial charge in [0.05, 0.1) is 5.54 Å². The van der Waals surface area contributed by atoms with Crippen LogP contribution in [-0.2, 0) is 16.8 Å². The van der Waals surface area contributed by atoms with E-state index in [4.69, 9.17) is 4.52 Å². The summed E-state index contributed by atoms with van der Waals surface area (Å²) >= 11 is 1.58. The Labute approximate surface area is 173 Å². The van der Waals surface area contributed by atoms with Gasteiger partial charge < -0.3 is 9.84 Å². The summed E-state index contributed by atoms with van der Waals surface area (Å²) in [6, 6.07) is 21.9. The van der Waals surface area contributed by atoms with E-state index in [-0.39, 0.29) is 12.3 Å². The van der Waals surface area contributed by atoms with E-state index in [0.717, 1.165) is 16.7 Å². The van der Waals surface area contributed by atoms with Crippen molar-refractivity contribution in [3.05, 3.63) is 94.5 Å². The molecule has 4 rings (SSSR count). The second kappa shape index (κ2) is 8.41. The maximum atomic E-state index is 12.8. The Morgan fingerprint density at radius 1 is 1.03 bits per heavy atom. The number of carbonyl (C=O) groups excluding carboxylic acids is 1. The summed E-state index contributed by atoms with van der Waals surface area (Å²) in [5.41, 5.74) is 2.35. The van der Waals surface area contributed by atoms with E-state index in [9.17, 15) is 4.79 Å². The first-order valence-corrected chi connectivity index (χ1v) is 10.4. The fraction of sp³-hybridized carbons (Fsp3) is 0.174. The van der Waals surface area contributed by atoms with Gasteiger partial charge in [-0.05, 0) is 29.5 Å². The molecule has 5 nitrogen and oxygen atoms in total. The number of aryl methyl sites for hydroxylation is 1. The minimum absolute atomic E-state index is 0.0736. The average Bonchev–Trinajstić information content (AvgIpc) is 3.45. The molecule has 2 aromatic carbocycles. The van der Waals surface area contributed by atoms with Gasteiger partial charge in [0.15, 0.2) is 0 Å². The van der Waals surface area contributed by atoms with E-state index < -0.39 is 5.54 Å². The minimum atomic E-state index is -0.629. The Hall–Kier alpha value is -3.25. The number of carbonyl (C=O) groups is 1. The van der Waals surface area contributed by atoms with E-state index in [1.165, 1.54) is 0 Å². The van der Waals surface area contributed by atoms with Crippen molar-refractivity contribution in [2.24, 2.45) is 0 Å². The number of nitrogens with zero attached hydrogens (tertiary/aromatic N) is 2. The van der Waals surface area contributed by atoms with Gasteiger partial charge in [0.2, 0.25) is 17.6 Å². The molecule has 2 heterocycles. The predicted molar refractivity (Wildman–Crippen MR) is 113 cm³/mol. The maximum Gasteiger partial charge on any atom is 0.227 e. The molecule has 1 N–H and O–H groups in total. The van der Waals surface area contributed by atoms with Crippen molar-refractivity contribution < 1.29 is 9.32 Å². The van der Waals surface area contributed by atoms with Gasteiger partial charge >= 0.3 is 0 Å². The largest absolute Gasteiger partial charge is 0.343 e. The summed E-state index contributed by atoms with van der Waals surface area (Å²) in [7, 11) is 0. The molecule has 146 valence electrons. The molecule has 0 spiro atoms. The molecule has 6 heteroatoms. The number of benzene rings is 2. The Kier molecular flexibility index (Phi) is 5.53. The summed E-state index contributed by atoms with van der Waals surface area (Å²) in [6.07, 6.45) is 0.656. The number of hydrogen-bond donors (Lipinski definition) is 1. The van der Waals surface area contributed by atoms with E-state index in [2.05, 4.69) is 15.5 Å². The molecule has 0 aliphatic heterocycles. The van der Waals surface area contributed by atoms with Crippen LogP contribution in [0.1, 0.15) is 30.4 Å². The lowest BCUT2D eigenvalue weighted by molar-refractivity contribution is -0.122. The number of rotatable bonds is 7. The molecule has 29 heavy (non-hydrogen) atoms. The Morgan fingerprint density at radius 3 is 2.28 bits per heavy atom. The van der Waals surface area contributed by atoms with Crippen LogP contribution in [0.25, 0.3) is 11.4 Å². The first-order chi connectivity index (χ1) is 14.1. The third-order valence-electron chi connectivity index (χ3n) is 4.91. The fourth-order valence-corrected chi connectivity index (χ4v) is 3.92. The molecule has 0 fully saturated rings. The van der Waals surface area contributed by atoms with Crippen LogP contribution >= 0.6 is 11.3 Å². The summed E-state index contributed by atoms with van der Waals surface area (Å²) in [4.78, 5) is 17.2. The quantitative estimate of drug-likeness (QED) is 0.481. The molecule has 4 aromatic rings. The molecule has 1 amide bonds. The highest BCUT2D eigenvalue weighted by Crippen LogP contribution is 2.29. The standard InChI is InChI=1S/C23H21N3O2S/c1-23(18-8-4-2-5-9-18,19-10-6-3-7-11-19)25-20(27)12-13-21-24-22(26-28-21)17-14-15-29-16-17/h2-11,14-16H,12-13H2,1H3,(H,25,27). The number of aromatic nitrogens is 2. The monoisotopic (exact) mass is 403 g/mol. The minimum Gasteiger partial charge on any atom is -0.343 e. The fourth-order valence-electron chi connectivity index (χ4n) is 3.28. The van der Waals surface area contributed by atoms with Crippen molar-refractivity contribution in [1.29, 1.82) is 0 Å². The van der Waals surface area contributed by atoms with Crippen LogP contribution in [0, 0.1) is 0 Å². The van der Waals surface area contributed by atoms with Crippen molar-refractivity contribution in [1.82, 2.24) is 15.5 Å². The first kappa shape index (κ1) is 19.1. The van der Waals surface area contributed by atoms with Gasteiger partial charge in [0, 0.05) is 23.8 Å². The van der Waals surface area contributed by atoms with E-state index >= 15 is 0 Å². The summed E-state index contributed by atoms with van der Waals surface area (Å²) in [5, 5.41) is 11.1. The van der Waals surface area contributed by atoms with E-state index in [0.29, 0.717) is 18.1 Å². The highest BCUT2D eigenvalue weighted by Gasteiger charge is 2.30. The second-order valence-corrected chi connectivity index (χ2v) is 7.71. The van der Waals surface area contributed by atoms with Gasteiger partial charge in [-0.2, -0.15) is 16.3 Å². The van der Waals surface area contributed by atoms with Gasteiger partial charge in [-0.3, -0.25) is 4.79 Å². The molecular weight excluding hydrogens is 382 g/mol. The zero-order valence-corrected chi connectivity index (χ0v) is 16.9. The summed E-state index contributed by atoms with van der Waals surface area (Å²) in [6.45, 7) is 2.02.